The number of thiazole rings is 1. The maximum absolute atomic E-state index is 11.8. The fourth-order valence-corrected chi connectivity index (χ4v) is 2.81. The van der Waals surface area contributed by atoms with Crippen molar-refractivity contribution in [2.75, 3.05) is 26.3 Å². The normalized spacial score (nSPS) is 17.5. The number of ether oxygens (including phenoxy) is 1. The molecule has 0 aliphatic carbocycles. The zero-order valence-electron chi connectivity index (χ0n) is 12.1. The highest BCUT2D eigenvalue weighted by molar-refractivity contribution is 7.09. The van der Waals surface area contributed by atoms with Crippen molar-refractivity contribution in [2.24, 2.45) is 0 Å². The number of nitrogens with one attached hydrogen (secondary N) is 2. The van der Waals surface area contributed by atoms with Crippen LogP contribution in [0.25, 0.3) is 0 Å². The average molecular weight is 356 g/mol. The number of nitrogens with zero attached hydrogens (tertiary/aromatic N) is 1. The van der Waals surface area contributed by atoms with Crippen LogP contribution in [0, 0.1) is 6.92 Å². The predicted molar refractivity (Wildman–Crippen MR) is 89.9 cm³/mol. The van der Waals surface area contributed by atoms with Crippen LogP contribution in [-0.2, 0) is 16.0 Å². The fraction of sp³-hybridized carbons (Fsp3) is 0.692. The molecule has 1 fully saturated rings. The lowest BCUT2D eigenvalue weighted by atomic mass is 10.2. The molecule has 1 unspecified atom stereocenters. The summed E-state index contributed by atoms with van der Waals surface area (Å²) in [6.45, 7) is 4.66. The summed E-state index contributed by atoms with van der Waals surface area (Å²) in [6, 6.07) is -0.185. The largest absolute Gasteiger partial charge is 0.378 e. The van der Waals surface area contributed by atoms with Crippen LogP contribution in [0.2, 0.25) is 0 Å². The molecule has 1 aliphatic rings. The van der Waals surface area contributed by atoms with Crippen molar-refractivity contribution in [1.82, 2.24) is 15.6 Å². The number of aryl methyl sites for hydroxylation is 2. The summed E-state index contributed by atoms with van der Waals surface area (Å²) in [5.74, 6) is 0.0461. The van der Waals surface area contributed by atoms with Gasteiger partial charge in [-0.15, -0.1) is 36.2 Å². The van der Waals surface area contributed by atoms with E-state index < -0.39 is 0 Å². The summed E-state index contributed by atoms with van der Waals surface area (Å²) >= 11 is 1.71. The van der Waals surface area contributed by atoms with Gasteiger partial charge in [0.2, 0.25) is 5.91 Å². The standard InChI is InChI=1S/C13H21N3O2S.2ClH/c1-10-9-19-12(16-10)4-2-3-5-15-13(17)11-8-18-7-6-14-11;;/h9,11,14H,2-8H2,1H3,(H,15,17);2*1H. The number of carbonyl (C=O) groups is 1. The lowest BCUT2D eigenvalue weighted by molar-refractivity contribution is -0.125. The SMILES string of the molecule is Cc1csc(CCCCNC(=O)C2COCCN2)n1.Cl.Cl. The van der Waals surface area contributed by atoms with E-state index in [4.69, 9.17) is 4.74 Å². The lowest BCUT2D eigenvalue weighted by Gasteiger charge is -2.22. The molecule has 0 spiro atoms. The molecule has 2 heterocycles. The number of rotatable bonds is 6. The first kappa shape index (κ1) is 20.6. The lowest BCUT2D eigenvalue weighted by Crippen LogP contribution is -2.51. The Morgan fingerprint density at radius 3 is 2.95 bits per heavy atom. The molecule has 1 amide bonds. The molecule has 0 aromatic carbocycles. The topological polar surface area (TPSA) is 63.2 Å². The van der Waals surface area contributed by atoms with Crippen LogP contribution in [0.1, 0.15) is 23.5 Å². The van der Waals surface area contributed by atoms with Crippen molar-refractivity contribution in [3.8, 4) is 0 Å². The molecule has 1 aromatic heterocycles. The minimum Gasteiger partial charge on any atom is -0.378 e. The highest BCUT2D eigenvalue weighted by atomic mass is 35.5. The molecule has 1 saturated heterocycles. The van der Waals surface area contributed by atoms with Crippen LogP contribution in [0.15, 0.2) is 5.38 Å². The molecule has 2 rings (SSSR count). The zero-order chi connectivity index (χ0) is 13.5. The Bertz CT molecular complexity index is 412. The van der Waals surface area contributed by atoms with Crippen LogP contribution >= 0.6 is 36.2 Å². The van der Waals surface area contributed by atoms with Crippen molar-refractivity contribution in [2.45, 2.75) is 32.2 Å². The highest BCUT2D eigenvalue weighted by Crippen LogP contribution is 2.11. The third-order valence-corrected chi connectivity index (χ3v) is 4.05. The minimum atomic E-state index is -0.185. The Hall–Kier alpha value is -0.400. The summed E-state index contributed by atoms with van der Waals surface area (Å²) in [5, 5.41) is 9.35. The number of hydrogen-bond donors (Lipinski definition) is 2. The van der Waals surface area contributed by atoms with Crippen molar-refractivity contribution in [3.63, 3.8) is 0 Å². The van der Waals surface area contributed by atoms with E-state index in [-0.39, 0.29) is 36.8 Å². The maximum atomic E-state index is 11.8. The smallest absolute Gasteiger partial charge is 0.239 e. The molecular weight excluding hydrogens is 333 g/mol. The summed E-state index contributed by atoms with van der Waals surface area (Å²) in [4.78, 5) is 16.2. The molecular formula is C13H23Cl2N3O2S. The summed E-state index contributed by atoms with van der Waals surface area (Å²) in [6.07, 6.45) is 3.04. The Balaban J connectivity index is 0.00000200. The fourth-order valence-electron chi connectivity index (χ4n) is 1.99. The molecule has 21 heavy (non-hydrogen) atoms. The van der Waals surface area contributed by atoms with E-state index in [1.165, 1.54) is 5.01 Å². The predicted octanol–water partition coefficient (Wildman–Crippen LogP) is 1.72. The minimum absolute atomic E-state index is 0. The molecule has 1 aliphatic heterocycles. The third kappa shape index (κ3) is 7.42. The first-order valence-corrected chi connectivity index (χ1v) is 7.63. The molecule has 122 valence electrons. The molecule has 0 bridgehead atoms. The van der Waals surface area contributed by atoms with E-state index in [2.05, 4.69) is 21.0 Å². The number of unbranched alkanes of at least 4 members (excludes halogenated alkanes) is 1. The number of morpholine rings is 1. The van der Waals surface area contributed by atoms with Crippen LogP contribution in [0.5, 0.6) is 0 Å². The van der Waals surface area contributed by atoms with Gasteiger partial charge in [-0.25, -0.2) is 4.98 Å². The van der Waals surface area contributed by atoms with Gasteiger partial charge in [0.25, 0.3) is 0 Å². The van der Waals surface area contributed by atoms with Gasteiger partial charge in [-0.3, -0.25) is 4.79 Å². The first-order valence-electron chi connectivity index (χ1n) is 6.75. The van der Waals surface area contributed by atoms with Gasteiger partial charge >= 0.3 is 0 Å². The number of hydrogen-bond acceptors (Lipinski definition) is 5. The molecule has 2 N–H and O–H groups in total. The van der Waals surface area contributed by atoms with Crippen molar-refractivity contribution >= 4 is 42.1 Å². The maximum Gasteiger partial charge on any atom is 0.239 e. The van der Waals surface area contributed by atoms with Crippen LogP contribution in [0.4, 0.5) is 0 Å². The van der Waals surface area contributed by atoms with Gasteiger partial charge in [0.15, 0.2) is 0 Å². The van der Waals surface area contributed by atoms with Crippen LogP contribution < -0.4 is 10.6 Å². The van der Waals surface area contributed by atoms with Gasteiger partial charge in [0, 0.05) is 24.2 Å². The summed E-state index contributed by atoms with van der Waals surface area (Å²) in [5.41, 5.74) is 1.09. The van der Waals surface area contributed by atoms with Gasteiger partial charge in [0.05, 0.1) is 18.2 Å². The Kier molecular flexibility index (Phi) is 11.0. The van der Waals surface area contributed by atoms with E-state index in [0.29, 0.717) is 13.2 Å². The Morgan fingerprint density at radius 1 is 1.52 bits per heavy atom. The van der Waals surface area contributed by atoms with Crippen molar-refractivity contribution in [1.29, 1.82) is 0 Å². The quantitative estimate of drug-likeness (QED) is 0.762. The number of carbonyl (C=O) groups excluding carboxylic acids is 1. The van der Waals surface area contributed by atoms with E-state index >= 15 is 0 Å². The van der Waals surface area contributed by atoms with E-state index in [0.717, 1.165) is 38.0 Å². The molecule has 0 radical (unpaired) electrons. The van der Waals surface area contributed by atoms with E-state index in [1.54, 1.807) is 11.3 Å². The number of aromatic nitrogens is 1. The molecule has 1 aromatic rings. The first-order chi connectivity index (χ1) is 9.25. The van der Waals surface area contributed by atoms with Gasteiger partial charge < -0.3 is 15.4 Å². The number of amides is 1. The van der Waals surface area contributed by atoms with E-state index in [9.17, 15) is 4.79 Å². The summed E-state index contributed by atoms with van der Waals surface area (Å²) < 4.78 is 5.26. The van der Waals surface area contributed by atoms with Gasteiger partial charge in [0.1, 0.15) is 6.04 Å². The molecule has 5 nitrogen and oxygen atoms in total. The molecule has 1 atom stereocenters. The van der Waals surface area contributed by atoms with Crippen molar-refractivity contribution in [3.05, 3.63) is 16.1 Å². The Morgan fingerprint density at radius 2 is 2.33 bits per heavy atom. The molecule has 0 saturated carbocycles. The van der Waals surface area contributed by atoms with Crippen LogP contribution in [-0.4, -0.2) is 43.2 Å². The van der Waals surface area contributed by atoms with Gasteiger partial charge in [-0.05, 0) is 26.2 Å². The van der Waals surface area contributed by atoms with E-state index in [1.807, 2.05) is 6.92 Å². The zero-order valence-corrected chi connectivity index (χ0v) is 14.5. The third-order valence-electron chi connectivity index (χ3n) is 3.02. The van der Waals surface area contributed by atoms with Gasteiger partial charge in [-0.1, -0.05) is 0 Å². The second kappa shape index (κ2) is 11.2. The monoisotopic (exact) mass is 355 g/mol. The number of halogens is 2. The highest BCUT2D eigenvalue weighted by Gasteiger charge is 2.20. The van der Waals surface area contributed by atoms with Crippen LogP contribution in [0.3, 0.4) is 0 Å². The van der Waals surface area contributed by atoms with Crippen molar-refractivity contribution < 1.29 is 9.53 Å². The second-order valence-electron chi connectivity index (χ2n) is 4.71. The second-order valence-corrected chi connectivity index (χ2v) is 5.66. The average Bonchev–Trinajstić information content (AvgIpc) is 2.85. The van der Waals surface area contributed by atoms with Gasteiger partial charge in [-0.2, -0.15) is 0 Å². The Labute approximate surface area is 142 Å². The summed E-state index contributed by atoms with van der Waals surface area (Å²) in [7, 11) is 0. The molecule has 8 heteroatoms.